The van der Waals surface area contributed by atoms with Crippen LogP contribution in [0.15, 0.2) is 40.2 Å². The zero-order chi connectivity index (χ0) is 19.5. The first kappa shape index (κ1) is 19.7. The lowest BCUT2D eigenvalue weighted by Crippen LogP contribution is -2.08. The molecule has 5 nitrogen and oxygen atoms in total. The third kappa shape index (κ3) is 3.90. The number of fused-ring (bicyclic) bond motifs is 1. The molecule has 4 rings (SSSR count). The summed E-state index contributed by atoms with van der Waals surface area (Å²) in [6.07, 6.45) is 4.56. The Morgan fingerprint density at radius 1 is 1.21 bits per heavy atom. The van der Waals surface area contributed by atoms with Crippen LogP contribution in [0.2, 0.25) is 0 Å². The highest BCUT2D eigenvalue weighted by atomic mass is 79.9. The second-order valence-electron chi connectivity index (χ2n) is 6.45. The summed E-state index contributed by atoms with van der Waals surface area (Å²) in [5, 5.41) is 10.3. The van der Waals surface area contributed by atoms with E-state index >= 15 is 0 Å². The molecule has 0 atom stereocenters. The lowest BCUT2D eigenvalue weighted by atomic mass is 9.91. The Labute approximate surface area is 180 Å². The average Bonchev–Trinajstić information content (AvgIpc) is 3.27. The average molecular weight is 478 g/mol. The zero-order valence-electron chi connectivity index (χ0n) is 15.5. The number of nitrogens with zero attached hydrogens (tertiary/aromatic N) is 3. The van der Waals surface area contributed by atoms with Gasteiger partial charge < -0.3 is 4.74 Å². The van der Waals surface area contributed by atoms with E-state index < -0.39 is 0 Å². The molecule has 0 saturated heterocycles. The summed E-state index contributed by atoms with van der Waals surface area (Å²) in [5.41, 5.74) is 4.08. The number of hydrogen-bond donors (Lipinski definition) is 0. The first-order valence-corrected chi connectivity index (χ1v) is 11.9. The maximum atomic E-state index is 11.8. The van der Waals surface area contributed by atoms with Gasteiger partial charge >= 0.3 is 5.97 Å². The molecule has 2 aromatic heterocycles. The lowest BCUT2D eigenvalue weighted by Gasteiger charge is -2.15. The maximum absolute atomic E-state index is 11.8. The van der Waals surface area contributed by atoms with Gasteiger partial charge in [-0.2, -0.15) is 0 Å². The Morgan fingerprint density at radius 2 is 1.96 bits per heavy atom. The Bertz CT molecular complexity index is 985. The predicted molar refractivity (Wildman–Crippen MR) is 116 cm³/mol. The van der Waals surface area contributed by atoms with E-state index in [9.17, 15) is 4.79 Å². The van der Waals surface area contributed by atoms with E-state index in [4.69, 9.17) is 4.74 Å². The third-order valence-corrected chi connectivity index (χ3v) is 7.38. The number of esters is 1. The fourth-order valence-corrected chi connectivity index (χ4v) is 6.32. The fraction of sp³-hybridized carbons (Fsp3) is 0.350. The van der Waals surface area contributed by atoms with Crippen LogP contribution in [0, 0.1) is 0 Å². The van der Waals surface area contributed by atoms with Crippen LogP contribution in [0.3, 0.4) is 0 Å². The first-order chi connectivity index (χ1) is 13.7. The molecule has 0 aliphatic heterocycles. The van der Waals surface area contributed by atoms with Crippen molar-refractivity contribution in [1.82, 2.24) is 14.8 Å². The van der Waals surface area contributed by atoms with E-state index in [1.807, 2.05) is 17.6 Å². The molecule has 0 bridgehead atoms. The lowest BCUT2D eigenvalue weighted by molar-refractivity contribution is -0.139. The number of aromatic nitrogens is 3. The van der Waals surface area contributed by atoms with Gasteiger partial charge in [0.25, 0.3) is 0 Å². The Balaban J connectivity index is 1.75. The van der Waals surface area contributed by atoms with Crippen molar-refractivity contribution in [3.63, 3.8) is 0 Å². The van der Waals surface area contributed by atoms with Gasteiger partial charge in [0, 0.05) is 4.88 Å². The minimum atomic E-state index is -0.239. The molecule has 2 heterocycles. The standard InChI is InChI=1S/C20H20BrN3O2S2/c1-2-26-16(25)12-27-20-23-22-19(21)24(20)18-15-11-7-6-10-14(15)17(28-18)13-8-4-3-5-9-13/h3-5,8-9H,2,6-7,10-12H2,1H3. The normalized spacial score (nSPS) is 13.4. The van der Waals surface area contributed by atoms with Gasteiger partial charge in [-0.05, 0) is 65.2 Å². The van der Waals surface area contributed by atoms with Crippen LogP contribution in [0.5, 0.6) is 0 Å². The summed E-state index contributed by atoms with van der Waals surface area (Å²) >= 11 is 6.69. The number of carbonyl (C=O) groups excluding carboxylic acids is 1. The molecule has 3 aromatic rings. The molecule has 0 saturated carbocycles. The van der Waals surface area contributed by atoms with Crippen LogP contribution in [0.25, 0.3) is 15.4 Å². The van der Waals surface area contributed by atoms with Crippen molar-refractivity contribution in [2.45, 2.75) is 37.8 Å². The van der Waals surface area contributed by atoms with E-state index in [0.717, 1.165) is 17.8 Å². The van der Waals surface area contributed by atoms with Gasteiger partial charge in [0.15, 0.2) is 5.16 Å². The molecular weight excluding hydrogens is 458 g/mol. The summed E-state index contributed by atoms with van der Waals surface area (Å²) in [7, 11) is 0. The molecule has 8 heteroatoms. The summed E-state index contributed by atoms with van der Waals surface area (Å²) < 4.78 is 7.74. The van der Waals surface area contributed by atoms with Crippen LogP contribution >= 0.6 is 39.0 Å². The fourth-order valence-electron chi connectivity index (χ4n) is 3.46. The quantitative estimate of drug-likeness (QED) is 0.356. The molecule has 1 aromatic carbocycles. The molecule has 1 aliphatic rings. The SMILES string of the molecule is CCOC(=O)CSc1nnc(Br)n1-c1sc(-c2ccccc2)c2c1CCCC2. The van der Waals surface area contributed by atoms with Gasteiger partial charge in [-0.1, -0.05) is 42.1 Å². The van der Waals surface area contributed by atoms with Gasteiger partial charge in [0.1, 0.15) is 5.00 Å². The summed E-state index contributed by atoms with van der Waals surface area (Å²) in [4.78, 5) is 13.1. The molecule has 0 spiro atoms. The number of halogens is 1. The highest BCUT2D eigenvalue weighted by Crippen LogP contribution is 2.44. The van der Waals surface area contributed by atoms with Gasteiger partial charge in [-0.25, -0.2) is 0 Å². The number of ether oxygens (including phenoxy) is 1. The monoisotopic (exact) mass is 477 g/mol. The van der Waals surface area contributed by atoms with Gasteiger partial charge in [-0.3, -0.25) is 9.36 Å². The molecule has 0 amide bonds. The molecule has 1 aliphatic carbocycles. The van der Waals surface area contributed by atoms with Crippen molar-refractivity contribution in [1.29, 1.82) is 0 Å². The smallest absolute Gasteiger partial charge is 0.316 e. The van der Waals surface area contributed by atoms with Crippen molar-refractivity contribution in [2.24, 2.45) is 0 Å². The molecular formula is C20H20BrN3O2S2. The number of carbonyl (C=O) groups is 1. The molecule has 0 fully saturated rings. The van der Waals surface area contributed by atoms with Gasteiger partial charge in [-0.15, -0.1) is 21.5 Å². The molecule has 0 N–H and O–H groups in total. The van der Waals surface area contributed by atoms with Crippen LogP contribution < -0.4 is 0 Å². The minimum Gasteiger partial charge on any atom is -0.465 e. The largest absolute Gasteiger partial charge is 0.465 e. The number of hydrogen-bond acceptors (Lipinski definition) is 6. The number of benzene rings is 1. The minimum absolute atomic E-state index is 0.220. The number of rotatable bonds is 6. The van der Waals surface area contributed by atoms with Gasteiger partial charge in [0.05, 0.1) is 12.4 Å². The van der Waals surface area contributed by atoms with Crippen molar-refractivity contribution >= 4 is 45.0 Å². The van der Waals surface area contributed by atoms with Crippen molar-refractivity contribution in [3.05, 3.63) is 46.2 Å². The molecule has 0 unspecified atom stereocenters. The zero-order valence-corrected chi connectivity index (χ0v) is 18.7. The summed E-state index contributed by atoms with van der Waals surface area (Å²) in [6.45, 7) is 2.19. The van der Waals surface area contributed by atoms with E-state index in [-0.39, 0.29) is 11.7 Å². The molecule has 28 heavy (non-hydrogen) atoms. The Hall–Kier alpha value is -1.64. The van der Waals surface area contributed by atoms with E-state index in [1.54, 1.807) is 11.3 Å². The Kier molecular flexibility index (Phi) is 6.18. The second kappa shape index (κ2) is 8.80. The van der Waals surface area contributed by atoms with E-state index in [2.05, 4.69) is 50.4 Å². The van der Waals surface area contributed by atoms with Crippen LogP contribution in [0.4, 0.5) is 0 Å². The number of thioether (sulfide) groups is 1. The summed E-state index contributed by atoms with van der Waals surface area (Å²) in [5.74, 6) is -0.0192. The van der Waals surface area contributed by atoms with Gasteiger partial charge in [0.2, 0.25) is 4.73 Å². The topological polar surface area (TPSA) is 57.0 Å². The predicted octanol–water partition coefficient (Wildman–Crippen LogP) is 5.29. The van der Waals surface area contributed by atoms with Crippen LogP contribution in [-0.2, 0) is 22.4 Å². The maximum Gasteiger partial charge on any atom is 0.316 e. The van der Waals surface area contributed by atoms with Crippen molar-refractivity contribution in [2.75, 3.05) is 12.4 Å². The van der Waals surface area contributed by atoms with Crippen LogP contribution in [-0.4, -0.2) is 33.1 Å². The molecule has 146 valence electrons. The Morgan fingerprint density at radius 3 is 2.71 bits per heavy atom. The van der Waals surface area contributed by atoms with Crippen molar-refractivity contribution < 1.29 is 9.53 Å². The highest BCUT2D eigenvalue weighted by Gasteiger charge is 2.26. The molecule has 0 radical (unpaired) electrons. The first-order valence-electron chi connectivity index (χ1n) is 9.28. The third-order valence-electron chi connectivity index (χ3n) is 4.66. The summed E-state index contributed by atoms with van der Waals surface area (Å²) in [6, 6.07) is 10.5. The number of thiophene rings is 1. The highest BCUT2D eigenvalue weighted by molar-refractivity contribution is 9.10. The van der Waals surface area contributed by atoms with Crippen LogP contribution in [0.1, 0.15) is 30.9 Å². The van der Waals surface area contributed by atoms with Crippen molar-refractivity contribution in [3.8, 4) is 15.4 Å². The second-order valence-corrected chi connectivity index (χ2v) is 9.10. The van der Waals surface area contributed by atoms with E-state index in [1.165, 1.54) is 46.2 Å². The van der Waals surface area contributed by atoms with E-state index in [0.29, 0.717) is 16.5 Å².